The first kappa shape index (κ1) is 25.7. The monoisotopic (exact) mass is 523 g/mol. The Balaban J connectivity index is 1.32. The van der Waals surface area contributed by atoms with Gasteiger partial charge in [-0.1, -0.05) is 18.6 Å². The van der Waals surface area contributed by atoms with Gasteiger partial charge in [0.05, 0.1) is 23.7 Å². The van der Waals surface area contributed by atoms with Crippen LogP contribution in [0.4, 0.5) is 30.4 Å². The molecule has 8 nitrogen and oxygen atoms in total. The van der Waals surface area contributed by atoms with Gasteiger partial charge >= 0.3 is 6.18 Å². The summed E-state index contributed by atoms with van der Waals surface area (Å²) in [5.74, 6) is -0.0611. The van der Waals surface area contributed by atoms with E-state index in [1.165, 1.54) is 37.7 Å². The van der Waals surface area contributed by atoms with Crippen LogP contribution in [0.25, 0.3) is 11.0 Å². The van der Waals surface area contributed by atoms with Crippen LogP contribution >= 0.6 is 0 Å². The number of fused-ring (bicyclic) bond motifs is 1. The van der Waals surface area contributed by atoms with Crippen molar-refractivity contribution in [2.24, 2.45) is 0 Å². The number of anilines is 3. The number of rotatable bonds is 7. The molecule has 0 aliphatic carbocycles. The molecule has 2 aromatic heterocycles. The van der Waals surface area contributed by atoms with Gasteiger partial charge in [-0.25, -0.2) is 14.6 Å². The van der Waals surface area contributed by atoms with Crippen molar-refractivity contribution in [3.63, 3.8) is 0 Å². The molecule has 4 aromatic rings. The highest BCUT2D eigenvalue weighted by molar-refractivity contribution is 6.04. The number of carbonyl (C=O) groups is 1. The quantitative estimate of drug-likeness (QED) is 0.326. The van der Waals surface area contributed by atoms with E-state index in [0.717, 1.165) is 54.9 Å². The van der Waals surface area contributed by atoms with Crippen LogP contribution in [-0.4, -0.2) is 50.2 Å². The minimum atomic E-state index is -4.53. The number of hydrogen-bond acceptors (Lipinski definition) is 6. The Morgan fingerprint density at radius 1 is 1.03 bits per heavy atom. The van der Waals surface area contributed by atoms with Crippen LogP contribution in [0.15, 0.2) is 55.0 Å². The van der Waals surface area contributed by atoms with Gasteiger partial charge in [0.25, 0.3) is 5.91 Å². The lowest BCUT2D eigenvalue weighted by molar-refractivity contribution is -0.137. The fourth-order valence-electron chi connectivity index (χ4n) is 4.58. The molecule has 3 heterocycles. The highest BCUT2D eigenvalue weighted by atomic mass is 19.4. The zero-order valence-electron chi connectivity index (χ0n) is 20.9. The lowest BCUT2D eigenvalue weighted by Gasteiger charge is -2.26. The van der Waals surface area contributed by atoms with Crippen molar-refractivity contribution in [3.8, 4) is 0 Å². The number of amides is 1. The number of carbonyl (C=O) groups excluding carboxylic acids is 1. The van der Waals surface area contributed by atoms with E-state index in [-0.39, 0.29) is 5.56 Å². The summed E-state index contributed by atoms with van der Waals surface area (Å²) in [5, 5.41) is 11.3. The molecule has 0 spiro atoms. The van der Waals surface area contributed by atoms with Gasteiger partial charge in [0.15, 0.2) is 5.65 Å². The Bertz CT molecular complexity index is 1440. The van der Waals surface area contributed by atoms with Crippen molar-refractivity contribution >= 4 is 34.1 Å². The predicted octanol–water partition coefficient (Wildman–Crippen LogP) is 5.64. The molecule has 198 valence electrons. The van der Waals surface area contributed by atoms with Crippen LogP contribution in [0.2, 0.25) is 0 Å². The number of hydrogen-bond donors (Lipinski definition) is 2. The molecule has 38 heavy (non-hydrogen) atoms. The van der Waals surface area contributed by atoms with E-state index in [2.05, 4.69) is 30.6 Å². The normalized spacial score (nSPS) is 14.5. The largest absolute Gasteiger partial charge is 0.416 e. The van der Waals surface area contributed by atoms with E-state index < -0.39 is 17.6 Å². The second-order valence-corrected chi connectivity index (χ2v) is 9.42. The molecule has 0 unspecified atom stereocenters. The van der Waals surface area contributed by atoms with Crippen LogP contribution in [0, 0.1) is 6.92 Å². The number of nitrogens with one attached hydrogen (secondary N) is 2. The summed E-state index contributed by atoms with van der Waals surface area (Å²) in [7, 11) is 0. The SMILES string of the molecule is Cc1ccc(NC(=O)c2cccc(C(F)(F)F)c2)cc1Nc1ncnc2c1cnn2CCN1CCCCC1. The highest BCUT2D eigenvalue weighted by Crippen LogP contribution is 2.30. The molecule has 11 heteroatoms. The molecule has 1 fully saturated rings. The lowest BCUT2D eigenvalue weighted by atomic mass is 10.1. The molecule has 1 saturated heterocycles. The van der Waals surface area contributed by atoms with E-state index in [1.807, 2.05) is 17.7 Å². The Labute approximate surface area is 217 Å². The Hall–Kier alpha value is -3.99. The fourth-order valence-corrected chi connectivity index (χ4v) is 4.58. The Kier molecular flexibility index (Phi) is 7.28. The summed E-state index contributed by atoms with van der Waals surface area (Å²) in [6.07, 6.45) is 2.45. The van der Waals surface area contributed by atoms with Gasteiger partial charge in [-0.3, -0.25) is 4.79 Å². The summed E-state index contributed by atoms with van der Waals surface area (Å²) in [6, 6.07) is 9.55. The molecule has 2 aromatic carbocycles. The zero-order chi connectivity index (χ0) is 26.7. The smallest absolute Gasteiger partial charge is 0.339 e. The molecule has 0 radical (unpaired) electrons. The van der Waals surface area contributed by atoms with E-state index in [4.69, 9.17) is 0 Å². The Morgan fingerprint density at radius 2 is 1.84 bits per heavy atom. The third-order valence-electron chi connectivity index (χ3n) is 6.71. The number of piperidine rings is 1. The third-order valence-corrected chi connectivity index (χ3v) is 6.71. The number of nitrogens with zero attached hydrogens (tertiary/aromatic N) is 5. The van der Waals surface area contributed by atoms with Gasteiger partial charge in [-0.2, -0.15) is 18.3 Å². The van der Waals surface area contributed by atoms with Crippen molar-refractivity contribution < 1.29 is 18.0 Å². The van der Waals surface area contributed by atoms with Crippen LogP contribution in [0.1, 0.15) is 40.7 Å². The Morgan fingerprint density at radius 3 is 2.63 bits per heavy atom. The van der Waals surface area contributed by atoms with Crippen molar-refractivity contribution in [1.29, 1.82) is 0 Å². The summed E-state index contributed by atoms with van der Waals surface area (Å²) >= 11 is 0. The van der Waals surface area contributed by atoms with E-state index in [9.17, 15) is 18.0 Å². The predicted molar refractivity (Wildman–Crippen MR) is 139 cm³/mol. The van der Waals surface area contributed by atoms with Crippen molar-refractivity contribution in [1.82, 2.24) is 24.6 Å². The van der Waals surface area contributed by atoms with E-state index in [0.29, 0.717) is 17.2 Å². The number of halogens is 3. The first-order valence-electron chi connectivity index (χ1n) is 12.5. The second-order valence-electron chi connectivity index (χ2n) is 9.42. The standard InChI is InChI=1S/C27H28F3N7O/c1-18-8-9-21(34-26(38)19-6-5-7-20(14-19)27(28,29)30)15-23(18)35-24-22-16-33-37(25(22)32-17-31-24)13-12-36-10-3-2-4-11-36/h5-9,14-17H,2-4,10-13H2,1H3,(H,34,38)(H,31,32,35). The summed E-state index contributed by atoms with van der Waals surface area (Å²) < 4.78 is 41.0. The topological polar surface area (TPSA) is 88.0 Å². The maximum Gasteiger partial charge on any atom is 0.416 e. The van der Waals surface area contributed by atoms with Crippen molar-refractivity contribution in [2.45, 2.75) is 38.9 Å². The number of aryl methyl sites for hydroxylation is 1. The van der Waals surface area contributed by atoms with Crippen LogP contribution < -0.4 is 10.6 Å². The average Bonchev–Trinajstić information content (AvgIpc) is 3.33. The van der Waals surface area contributed by atoms with Crippen molar-refractivity contribution in [3.05, 3.63) is 71.7 Å². The highest BCUT2D eigenvalue weighted by Gasteiger charge is 2.31. The molecule has 1 aliphatic rings. The maximum absolute atomic E-state index is 13.0. The average molecular weight is 524 g/mol. The van der Waals surface area contributed by atoms with Crippen LogP contribution in [0.5, 0.6) is 0 Å². The van der Waals surface area contributed by atoms with E-state index in [1.54, 1.807) is 18.3 Å². The summed E-state index contributed by atoms with van der Waals surface area (Å²) in [4.78, 5) is 23.9. The summed E-state index contributed by atoms with van der Waals surface area (Å²) in [5.41, 5.74) is 1.79. The molecular formula is C27H28F3N7O. The molecule has 5 rings (SSSR count). The molecule has 0 bridgehead atoms. The maximum atomic E-state index is 13.0. The summed E-state index contributed by atoms with van der Waals surface area (Å²) in [6.45, 7) is 5.77. The van der Waals surface area contributed by atoms with Gasteiger partial charge in [0.1, 0.15) is 12.1 Å². The van der Waals surface area contributed by atoms with Gasteiger partial charge < -0.3 is 15.5 Å². The van der Waals surface area contributed by atoms with Crippen LogP contribution in [0.3, 0.4) is 0 Å². The first-order valence-corrected chi connectivity index (χ1v) is 12.5. The van der Waals surface area contributed by atoms with Gasteiger partial charge in [0, 0.05) is 23.5 Å². The van der Waals surface area contributed by atoms with Gasteiger partial charge in [-0.05, 0) is 68.8 Å². The van der Waals surface area contributed by atoms with Crippen molar-refractivity contribution in [2.75, 3.05) is 30.3 Å². The molecule has 1 amide bonds. The zero-order valence-corrected chi connectivity index (χ0v) is 20.9. The molecule has 0 atom stereocenters. The number of benzene rings is 2. The molecule has 1 aliphatic heterocycles. The molecular weight excluding hydrogens is 495 g/mol. The van der Waals surface area contributed by atoms with Gasteiger partial charge in [-0.15, -0.1) is 0 Å². The third kappa shape index (κ3) is 5.77. The fraction of sp³-hybridized carbons (Fsp3) is 0.333. The van der Waals surface area contributed by atoms with Gasteiger partial charge in [0.2, 0.25) is 0 Å². The number of aromatic nitrogens is 4. The number of alkyl halides is 3. The number of likely N-dealkylation sites (tertiary alicyclic amines) is 1. The minimum absolute atomic E-state index is 0.0793. The first-order chi connectivity index (χ1) is 18.3. The van der Waals surface area contributed by atoms with E-state index >= 15 is 0 Å². The second kappa shape index (κ2) is 10.8. The minimum Gasteiger partial charge on any atom is -0.339 e. The molecule has 2 N–H and O–H groups in total. The molecule has 0 saturated carbocycles. The van der Waals surface area contributed by atoms with Crippen LogP contribution in [-0.2, 0) is 12.7 Å². The lowest BCUT2D eigenvalue weighted by Crippen LogP contribution is -2.32.